The van der Waals surface area contributed by atoms with Crippen molar-refractivity contribution in [1.82, 2.24) is 10.2 Å². The zero-order chi connectivity index (χ0) is 16.2. The molecule has 0 spiro atoms. The van der Waals surface area contributed by atoms with Crippen LogP contribution in [0.5, 0.6) is 5.88 Å². The molecule has 0 radical (unpaired) electrons. The van der Waals surface area contributed by atoms with E-state index in [2.05, 4.69) is 26.1 Å². The molecule has 0 aliphatic carbocycles. The number of aromatic nitrogens is 2. The SMILES string of the molecule is Cc1ccc(-c2ccc(OC(=O)c3cccc(Br)c3)nn2)cc1. The van der Waals surface area contributed by atoms with Gasteiger partial charge in [0.1, 0.15) is 0 Å². The Bertz CT molecular complexity index is 830. The number of ether oxygens (including phenoxy) is 1. The first kappa shape index (κ1) is 15.4. The summed E-state index contributed by atoms with van der Waals surface area (Å²) in [5.74, 6) is -0.297. The van der Waals surface area contributed by atoms with Crippen LogP contribution >= 0.6 is 15.9 Å². The van der Waals surface area contributed by atoms with Crippen molar-refractivity contribution in [3.63, 3.8) is 0 Å². The molecule has 0 saturated carbocycles. The van der Waals surface area contributed by atoms with Crippen LogP contribution in [0.15, 0.2) is 65.1 Å². The quantitative estimate of drug-likeness (QED) is 0.641. The summed E-state index contributed by atoms with van der Waals surface area (Å²) >= 11 is 3.32. The van der Waals surface area contributed by atoms with Gasteiger partial charge >= 0.3 is 5.97 Å². The highest BCUT2D eigenvalue weighted by molar-refractivity contribution is 9.10. The maximum atomic E-state index is 12.0. The number of aryl methyl sites for hydroxylation is 1. The Labute approximate surface area is 142 Å². The first-order chi connectivity index (χ1) is 11.1. The highest BCUT2D eigenvalue weighted by atomic mass is 79.9. The van der Waals surface area contributed by atoms with E-state index in [1.807, 2.05) is 37.3 Å². The van der Waals surface area contributed by atoms with Crippen molar-refractivity contribution in [2.45, 2.75) is 6.92 Å². The number of hydrogen-bond acceptors (Lipinski definition) is 4. The molecule has 0 unspecified atom stereocenters. The summed E-state index contributed by atoms with van der Waals surface area (Å²) in [4.78, 5) is 12.0. The Morgan fingerprint density at radius 2 is 1.78 bits per heavy atom. The molecule has 0 N–H and O–H groups in total. The van der Waals surface area contributed by atoms with Crippen molar-refractivity contribution in [3.8, 4) is 17.1 Å². The molecule has 1 heterocycles. The zero-order valence-electron chi connectivity index (χ0n) is 12.4. The maximum Gasteiger partial charge on any atom is 0.344 e. The van der Waals surface area contributed by atoms with Gasteiger partial charge in [0, 0.05) is 16.1 Å². The zero-order valence-corrected chi connectivity index (χ0v) is 13.9. The van der Waals surface area contributed by atoms with Gasteiger partial charge in [0.25, 0.3) is 0 Å². The van der Waals surface area contributed by atoms with E-state index in [-0.39, 0.29) is 5.88 Å². The third-order valence-electron chi connectivity index (χ3n) is 3.24. The molecule has 0 amide bonds. The highest BCUT2D eigenvalue weighted by Crippen LogP contribution is 2.19. The molecule has 0 bridgehead atoms. The number of esters is 1. The molecule has 114 valence electrons. The van der Waals surface area contributed by atoms with Gasteiger partial charge in [0.05, 0.1) is 11.3 Å². The molecule has 4 nitrogen and oxygen atoms in total. The molecular weight excluding hydrogens is 356 g/mol. The number of carbonyl (C=O) groups excluding carboxylic acids is 1. The number of halogens is 1. The molecule has 0 aliphatic heterocycles. The fourth-order valence-corrected chi connectivity index (χ4v) is 2.42. The molecule has 0 aliphatic rings. The van der Waals surface area contributed by atoms with Gasteiger partial charge < -0.3 is 4.74 Å². The monoisotopic (exact) mass is 368 g/mol. The molecule has 5 heteroatoms. The van der Waals surface area contributed by atoms with Crippen LogP contribution in [0.1, 0.15) is 15.9 Å². The minimum atomic E-state index is -0.469. The molecule has 3 rings (SSSR count). The van der Waals surface area contributed by atoms with Crippen LogP contribution < -0.4 is 4.74 Å². The van der Waals surface area contributed by atoms with E-state index < -0.39 is 5.97 Å². The summed E-state index contributed by atoms with van der Waals surface area (Å²) in [6.07, 6.45) is 0. The standard InChI is InChI=1S/C18H13BrN2O2/c1-12-5-7-13(8-6-12)16-9-10-17(21-20-16)23-18(22)14-3-2-4-15(19)11-14/h2-11H,1H3. The summed E-state index contributed by atoms with van der Waals surface area (Å²) in [5.41, 5.74) is 3.32. The summed E-state index contributed by atoms with van der Waals surface area (Å²) in [5, 5.41) is 8.07. The predicted molar refractivity (Wildman–Crippen MR) is 91.3 cm³/mol. The van der Waals surface area contributed by atoms with Gasteiger partial charge in [-0.3, -0.25) is 0 Å². The number of rotatable bonds is 3. The van der Waals surface area contributed by atoms with Crippen LogP contribution in [-0.2, 0) is 0 Å². The molecule has 2 aromatic carbocycles. The smallest absolute Gasteiger partial charge is 0.344 e. The normalized spacial score (nSPS) is 10.3. The Kier molecular flexibility index (Phi) is 4.48. The van der Waals surface area contributed by atoms with E-state index in [9.17, 15) is 4.79 Å². The van der Waals surface area contributed by atoms with Gasteiger partial charge in [-0.05, 0) is 31.2 Å². The van der Waals surface area contributed by atoms with Crippen molar-refractivity contribution in [2.24, 2.45) is 0 Å². The number of nitrogens with zero attached hydrogens (tertiary/aromatic N) is 2. The number of benzene rings is 2. The van der Waals surface area contributed by atoms with Crippen LogP contribution in [0.2, 0.25) is 0 Å². The lowest BCUT2D eigenvalue weighted by atomic mass is 10.1. The topological polar surface area (TPSA) is 52.1 Å². The minimum Gasteiger partial charge on any atom is -0.402 e. The fraction of sp³-hybridized carbons (Fsp3) is 0.0556. The van der Waals surface area contributed by atoms with E-state index in [1.165, 1.54) is 5.56 Å². The van der Waals surface area contributed by atoms with Gasteiger partial charge in [-0.25, -0.2) is 4.79 Å². The number of hydrogen-bond donors (Lipinski definition) is 0. The second-order valence-electron chi connectivity index (χ2n) is 5.02. The first-order valence-electron chi connectivity index (χ1n) is 7.00. The molecule has 1 aromatic heterocycles. The van der Waals surface area contributed by atoms with Crippen LogP contribution in [0, 0.1) is 6.92 Å². The summed E-state index contributed by atoms with van der Waals surface area (Å²) in [6, 6.07) is 18.4. The first-order valence-corrected chi connectivity index (χ1v) is 7.79. The fourth-order valence-electron chi connectivity index (χ4n) is 2.02. The van der Waals surface area contributed by atoms with E-state index in [4.69, 9.17) is 4.74 Å². The minimum absolute atomic E-state index is 0.172. The molecular formula is C18H13BrN2O2. The van der Waals surface area contributed by atoms with E-state index in [1.54, 1.807) is 30.3 Å². The molecule has 3 aromatic rings. The Morgan fingerprint density at radius 3 is 2.43 bits per heavy atom. The van der Waals surface area contributed by atoms with Crippen molar-refractivity contribution >= 4 is 21.9 Å². The van der Waals surface area contributed by atoms with E-state index in [0.717, 1.165) is 15.7 Å². The summed E-state index contributed by atoms with van der Waals surface area (Å²) in [6.45, 7) is 2.03. The van der Waals surface area contributed by atoms with Crippen molar-refractivity contribution in [3.05, 3.63) is 76.3 Å². The van der Waals surface area contributed by atoms with E-state index >= 15 is 0 Å². The predicted octanol–water partition coefficient (Wildman–Crippen LogP) is 4.43. The van der Waals surface area contributed by atoms with Gasteiger partial charge in [0.2, 0.25) is 5.88 Å². The van der Waals surface area contributed by atoms with Gasteiger partial charge in [-0.1, -0.05) is 51.8 Å². The Hall–Kier alpha value is -2.53. The molecule has 0 atom stereocenters. The third-order valence-corrected chi connectivity index (χ3v) is 3.74. The van der Waals surface area contributed by atoms with Gasteiger partial charge in [0.15, 0.2) is 0 Å². The van der Waals surface area contributed by atoms with Crippen LogP contribution in [0.25, 0.3) is 11.3 Å². The van der Waals surface area contributed by atoms with Crippen molar-refractivity contribution in [2.75, 3.05) is 0 Å². The Balaban J connectivity index is 1.75. The lowest BCUT2D eigenvalue weighted by Crippen LogP contribution is -2.09. The average Bonchev–Trinajstić information content (AvgIpc) is 2.56. The lowest BCUT2D eigenvalue weighted by Gasteiger charge is -2.05. The third kappa shape index (κ3) is 3.81. The van der Waals surface area contributed by atoms with Crippen LogP contribution in [0.4, 0.5) is 0 Å². The average molecular weight is 369 g/mol. The Morgan fingerprint density at radius 1 is 1.00 bits per heavy atom. The molecule has 0 saturated heterocycles. The lowest BCUT2D eigenvalue weighted by molar-refractivity contribution is 0.0726. The maximum absolute atomic E-state index is 12.0. The van der Waals surface area contributed by atoms with Crippen molar-refractivity contribution in [1.29, 1.82) is 0 Å². The molecule has 23 heavy (non-hydrogen) atoms. The van der Waals surface area contributed by atoms with Gasteiger partial charge in [-0.2, -0.15) is 0 Å². The summed E-state index contributed by atoms with van der Waals surface area (Å²) in [7, 11) is 0. The van der Waals surface area contributed by atoms with Crippen molar-refractivity contribution < 1.29 is 9.53 Å². The van der Waals surface area contributed by atoms with E-state index in [0.29, 0.717) is 5.56 Å². The molecule has 0 fully saturated rings. The second-order valence-corrected chi connectivity index (χ2v) is 5.94. The highest BCUT2D eigenvalue weighted by Gasteiger charge is 2.10. The number of carbonyl (C=O) groups is 1. The van der Waals surface area contributed by atoms with Crippen LogP contribution in [-0.4, -0.2) is 16.2 Å². The second kappa shape index (κ2) is 6.71. The van der Waals surface area contributed by atoms with Crippen LogP contribution in [0.3, 0.4) is 0 Å². The summed E-state index contributed by atoms with van der Waals surface area (Å²) < 4.78 is 6.04. The van der Waals surface area contributed by atoms with Gasteiger partial charge in [-0.15, -0.1) is 10.2 Å². The largest absolute Gasteiger partial charge is 0.402 e.